The van der Waals surface area contributed by atoms with Crippen LogP contribution in [0.15, 0.2) is 30.3 Å². The lowest BCUT2D eigenvalue weighted by molar-refractivity contribution is -0.161. The third kappa shape index (κ3) is 5.37. The average molecular weight is 577 g/mol. The number of nitrogens with one attached hydrogen (secondary N) is 1. The first-order valence-corrected chi connectivity index (χ1v) is 13.7. The molecule has 41 heavy (non-hydrogen) atoms. The second-order valence-electron chi connectivity index (χ2n) is 10.9. The minimum absolute atomic E-state index is 0.0164. The first kappa shape index (κ1) is 27.5. The summed E-state index contributed by atoms with van der Waals surface area (Å²) >= 11 is 0. The molecule has 0 spiro atoms. The van der Waals surface area contributed by atoms with Crippen LogP contribution < -0.4 is 25.6 Å². The number of rotatable bonds is 1. The van der Waals surface area contributed by atoms with E-state index in [1.165, 1.54) is 6.07 Å². The Labute approximate surface area is 234 Å². The smallest absolute Gasteiger partial charge is 0.407 e. The molecule has 5 heterocycles. The fourth-order valence-electron chi connectivity index (χ4n) is 5.66. The number of ether oxygens (including phenoxy) is 1. The van der Waals surface area contributed by atoms with E-state index in [2.05, 4.69) is 5.32 Å². The van der Waals surface area contributed by atoms with Crippen LogP contribution in [0.2, 0.25) is 0 Å². The van der Waals surface area contributed by atoms with Crippen molar-refractivity contribution in [2.45, 2.75) is 43.6 Å². The normalized spacial score (nSPS) is 22.9. The molecule has 3 aromatic rings. The van der Waals surface area contributed by atoms with Crippen molar-refractivity contribution in [3.63, 3.8) is 0 Å². The summed E-state index contributed by atoms with van der Waals surface area (Å²) in [5.74, 6) is 0.0345. The zero-order valence-electron chi connectivity index (χ0n) is 22.6. The van der Waals surface area contributed by atoms with Crippen molar-refractivity contribution in [1.82, 2.24) is 24.8 Å². The molecule has 2 aromatic heterocycles. The third-order valence-electron chi connectivity index (χ3n) is 7.95. The Morgan fingerprint density at radius 2 is 1.93 bits per heavy atom. The van der Waals surface area contributed by atoms with Gasteiger partial charge in [0.1, 0.15) is 35.9 Å². The molecule has 220 valence electrons. The van der Waals surface area contributed by atoms with Crippen molar-refractivity contribution < 1.29 is 27.1 Å². The number of likely N-dealkylation sites (N-methyl/N-ethyl adjacent to an activating group) is 1. The fourth-order valence-corrected chi connectivity index (χ4v) is 5.66. The number of nitrogens with two attached hydrogens (primary N) is 1. The van der Waals surface area contributed by atoms with Crippen molar-refractivity contribution in [3.8, 4) is 5.75 Å². The maximum absolute atomic E-state index is 14.3. The molecule has 0 aliphatic carbocycles. The number of nitrogens with zero attached hydrogens (tertiary/aromatic N) is 6. The number of carbonyl (C=O) groups excluding carboxylic acids is 1. The molecule has 0 saturated carbocycles. The highest BCUT2D eigenvalue weighted by Gasteiger charge is 2.40. The van der Waals surface area contributed by atoms with Crippen LogP contribution in [0, 0.1) is 5.82 Å². The summed E-state index contributed by atoms with van der Waals surface area (Å²) in [6.45, 7) is 1.11. The van der Waals surface area contributed by atoms with Crippen LogP contribution >= 0.6 is 0 Å². The topological polar surface area (TPSA) is 104 Å². The van der Waals surface area contributed by atoms with Gasteiger partial charge in [0, 0.05) is 57.9 Å². The van der Waals surface area contributed by atoms with Gasteiger partial charge in [0.2, 0.25) is 0 Å². The molecule has 3 aliphatic heterocycles. The van der Waals surface area contributed by atoms with Crippen molar-refractivity contribution in [3.05, 3.63) is 47.4 Å². The quantitative estimate of drug-likeness (QED) is 0.427. The summed E-state index contributed by atoms with van der Waals surface area (Å²) in [4.78, 5) is 24.1. The Hall–Kier alpha value is -3.65. The number of hydrogen-bond donors (Lipinski definition) is 2. The Morgan fingerprint density at radius 1 is 1.12 bits per heavy atom. The van der Waals surface area contributed by atoms with E-state index >= 15 is 0 Å². The third-order valence-corrected chi connectivity index (χ3v) is 7.95. The highest BCUT2D eigenvalue weighted by Crippen LogP contribution is 2.35. The molecular formula is C27H32F4N8O2. The molecule has 2 unspecified atom stereocenters. The number of hydrogen-bond acceptors (Lipinski definition) is 8. The second kappa shape index (κ2) is 10.6. The van der Waals surface area contributed by atoms with Crippen LogP contribution in [-0.4, -0.2) is 90.0 Å². The monoisotopic (exact) mass is 576 g/mol. The van der Waals surface area contributed by atoms with E-state index in [0.717, 1.165) is 25.0 Å². The summed E-state index contributed by atoms with van der Waals surface area (Å²) in [5.41, 5.74) is 7.07. The lowest BCUT2D eigenvalue weighted by Crippen LogP contribution is -2.56. The van der Waals surface area contributed by atoms with Gasteiger partial charge in [-0.1, -0.05) is 0 Å². The van der Waals surface area contributed by atoms with Crippen molar-refractivity contribution in [1.29, 1.82) is 0 Å². The minimum atomic E-state index is -4.61. The van der Waals surface area contributed by atoms with Crippen LogP contribution in [0.5, 0.6) is 5.75 Å². The van der Waals surface area contributed by atoms with E-state index < -0.39 is 36.6 Å². The van der Waals surface area contributed by atoms with Gasteiger partial charge >= 0.3 is 6.18 Å². The van der Waals surface area contributed by atoms with Crippen LogP contribution in [0.25, 0.3) is 5.65 Å². The zero-order valence-corrected chi connectivity index (χ0v) is 22.6. The predicted molar refractivity (Wildman–Crippen MR) is 144 cm³/mol. The summed E-state index contributed by atoms with van der Waals surface area (Å²) < 4.78 is 63.4. The molecule has 2 bridgehead atoms. The van der Waals surface area contributed by atoms with E-state index in [0.29, 0.717) is 49.0 Å². The Balaban J connectivity index is 1.46. The van der Waals surface area contributed by atoms with Gasteiger partial charge in [-0.15, -0.1) is 0 Å². The largest absolute Gasteiger partial charge is 0.491 e. The standard InChI is InChI=1S/C27H32F4N8O2/c1-36-9-7-33-22(27(29,30)31)15-41-21-6-5-16(28)10-18(21)26(40)38-8-3-2-4-20(38)19-11-24-34-23(37-13-17(32)14-37)12-25(36)39(24)35-19/h5-6,10-12,17,20,22,33H,2-4,7-9,13-15,32H2,1H3. The van der Waals surface area contributed by atoms with Gasteiger partial charge in [0.05, 0.1) is 17.3 Å². The first-order valence-electron chi connectivity index (χ1n) is 13.7. The maximum Gasteiger partial charge on any atom is 0.407 e. The fraction of sp³-hybridized carbons (Fsp3) is 0.519. The molecule has 2 saturated heterocycles. The molecule has 1 aromatic carbocycles. The van der Waals surface area contributed by atoms with E-state index in [1.807, 2.05) is 21.9 Å². The second-order valence-corrected chi connectivity index (χ2v) is 10.9. The molecule has 3 aliphatic rings. The van der Waals surface area contributed by atoms with Crippen molar-refractivity contribution in [2.24, 2.45) is 5.73 Å². The Kier molecular flexibility index (Phi) is 7.14. The molecule has 1 amide bonds. The molecule has 2 atom stereocenters. The van der Waals surface area contributed by atoms with Gasteiger partial charge in [-0.2, -0.15) is 22.8 Å². The van der Waals surface area contributed by atoms with Gasteiger partial charge in [0.25, 0.3) is 5.91 Å². The van der Waals surface area contributed by atoms with Gasteiger partial charge in [-0.3, -0.25) is 4.79 Å². The number of amides is 1. The SMILES string of the molecule is CN1CCNC(C(F)(F)F)COc2ccc(F)cc2C(=O)N2CCCCC2c2cc3nc(N4CC(N)C4)cc1n3n2. The number of anilines is 2. The molecule has 3 N–H and O–H groups in total. The van der Waals surface area contributed by atoms with E-state index in [4.69, 9.17) is 20.6 Å². The van der Waals surface area contributed by atoms with Crippen LogP contribution in [0.1, 0.15) is 41.4 Å². The lowest BCUT2D eigenvalue weighted by Gasteiger charge is -2.38. The van der Waals surface area contributed by atoms with Gasteiger partial charge in [-0.05, 0) is 37.5 Å². The van der Waals surface area contributed by atoms with Gasteiger partial charge in [0.15, 0.2) is 5.65 Å². The zero-order chi connectivity index (χ0) is 28.9. The summed E-state index contributed by atoms with van der Waals surface area (Å²) in [6.07, 6.45) is -2.41. The maximum atomic E-state index is 14.3. The minimum Gasteiger partial charge on any atom is -0.491 e. The molecule has 14 heteroatoms. The van der Waals surface area contributed by atoms with E-state index in [-0.39, 0.29) is 30.4 Å². The van der Waals surface area contributed by atoms with Crippen molar-refractivity contribution in [2.75, 3.05) is 56.2 Å². The number of piperidine rings is 1. The van der Waals surface area contributed by atoms with Crippen LogP contribution in [0.4, 0.5) is 29.2 Å². The van der Waals surface area contributed by atoms with Crippen molar-refractivity contribution >= 4 is 23.2 Å². The van der Waals surface area contributed by atoms with Crippen LogP contribution in [-0.2, 0) is 0 Å². The molecule has 0 radical (unpaired) electrons. The molecule has 10 nitrogen and oxygen atoms in total. The van der Waals surface area contributed by atoms with Gasteiger partial charge in [-0.25, -0.2) is 9.37 Å². The van der Waals surface area contributed by atoms with E-state index in [1.54, 1.807) is 16.5 Å². The number of alkyl halides is 3. The number of aromatic nitrogens is 3. The number of fused-ring (bicyclic) bond motifs is 4. The molecule has 2 fully saturated rings. The van der Waals surface area contributed by atoms with Gasteiger partial charge < -0.3 is 30.5 Å². The summed E-state index contributed by atoms with van der Waals surface area (Å²) in [6, 6.07) is 4.60. The summed E-state index contributed by atoms with van der Waals surface area (Å²) in [5, 5.41) is 7.38. The van der Waals surface area contributed by atoms with Crippen LogP contribution in [0.3, 0.4) is 0 Å². The average Bonchev–Trinajstić information content (AvgIpc) is 3.35. The number of halogens is 4. The highest BCUT2D eigenvalue weighted by molar-refractivity contribution is 5.97. The highest BCUT2D eigenvalue weighted by atomic mass is 19.4. The molecule has 6 rings (SSSR count). The number of benzene rings is 1. The lowest BCUT2D eigenvalue weighted by atomic mass is 9.98. The molecular weight excluding hydrogens is 544 g/mol. The van der Waals surface area contributed by atoms with E-state index in [9.17, 15) is 22.4 Å². The Morgan fingerprint density at radius 3 is 2.68 bits per heavy atom. The Bertz CT molecular complexity index is 1440. The predicted octanol–water partition coefficient (Wildman–Crippen LogP) is 2.73. The number of carbonyl (C=O) groups is 1. The summed E-state index contributed by atoms with van der Waals surface area (Å²) in [7, 11) is 1.78. The first-order chi connectivity index (χ1) is 19.6.